The Morgan fingerprint density at radius 3 is 2.37 bits per heavy atom. The predicted molar refractivity (Wildman–Crippen MR) is 120 cm³/mol. The Balaban J connectivity index is 1.72. The lowest BCUT2D eigenvalue weighted by Crippen LogP contribution is -2.48. The molecule has 1 fully saturated rings. The first-order chi connectivity index (χ1) is 14.2. The third-order valence-corrected chi connectivity index (χ3v) is 6.84. The van der Waals surface area contributed by atoms with Gasteiger partial charge in [-0.15, -0.1) is 10.2 Å². The Morgan fingerprint density at radius 2 is 1.80 bits per heavy atom. The minimum atomic E-state index is -3.32. The van der Waals surface area contributed by atoms with Crippen molar-refractivity contribution in [2.75, 3.05) is 16.7 Å². The third kappa shape index (κ3) is 5.34. The lowest BCUT2D eigenvalue weighted by molar-refractivity contribution is -0.134. The number of hydrogen-bond donors (Lipinski definition) is 1. The molecule has 0 saturated carbocycles. The zero-order chi connectivity index (χ0) is 21.9. The number of sulfonamides is 1. The first-order valence-corrected chi connectivity index (χ1v) is 13.0. The van der Waals surface area contributed by atoms with Gasteiger partial charge in [0.2, 0.25) is 15.9 Å². The van der Waals surface area contributed by atoms with Crippen molar-refractivity contribution in [2.45, 2.75) is 63.8 Å². The van der Waals surface area contributed by atoms with Gasteiger partial charge in [-0.2, -0.15) is 0 Å². The number of piperidine rings is 1. The van der Waals surface area contributed by atoms with E-state index in [2.05, 4.69) is 28.8 Å². The quantitative estimate of drug-likeness (QED) is 0.649. The number of benzene rings is 1. The molecular formula is C20H29N5O3S2. The molecule has 10 heteroatoms. The molecule has 0 unspecified atom stereocenters. The summed E-state index contributed by atoms with van der Waals surface area (Å²) in [5.74, 6) is 1.17. The van der Waals surface area contributed by atoms with Crippen LogP contribution in [0, 0.1) is 0 Å². The molecule has 1 aromatic heterocycles. The van der Waals surface area contributed by atoms with Gasteiger partial charge in [0, 0.05) is 29.9 Å². The molecule has 2 heterocycles. The maximum absolute atomic E-state index is 12.8. The van der Waals surface area contributed by atoms with Crippen molar-refractivity contribution >= 4 is 33.4 Å². The molecule has 1 N–H and O–H groups in total. The van der Waals surface area contributed by atoms with Crippen LogP contribution in [0.2, 0.25) is 0 Å². The van der Waals surface area contributed by atoms with E-state index >= 15 is 0 Å². The van der Waals surface area contributed by atoms with Gasteiger partial charge in [0.1, 0.15) is 0 Å². The van der Waals surface area contributed by atoms with Crippen LogP contribution >= 0.6 is 11.8 Å². The van der Waals surface area contributed by atoms with Crippen molar-refractivity contribution < 1.29 is 13.2 Å². The number of amides is 1. The van der Waals surface area contributed by atoms with Gasteiger partial charge in [0.25, 0.3) is 0 Å². The average molecular weight is 452 g/mol. The van der Waals surface area contributed by atoms with E-state index in [1.807, 2.05) is 16.4 Å². The standard InChI is InChI=1S/C20H29N5O3S2/c1-5-24-19(16-9-11-17(12-10-16)23-30(4,27)28)21-22-20(24)29-13-18(26)25-14(2)7-6-8-15(25)3/h9-12,14-15,23H,5-8,13H2,1-4H3/t14-,15+. The maximum Gasteiger partial charge on any atom is 0.233 e. The summed E-state index contributed by atoms with van der Waals surface area (Å²) in [5.41, 5.74) is 1.33. The average Bonchev–Trinajstić information content (AvgIpc) is 3.08. The van der Waals surface area contributed by atoms with E-state index < -0.39 is 10.0 Å². The molecule has 1 saturated heterocycles. The Kier molecular flexibility index (Phi) is 7.07. The molecule has 30 heavy (non-hydrogen) atoms. The summed E-state index contributed by atoms with van der Waals surface area (Å²) < 4.78 is 27.2. The topological polar surface area (TPSA) is 97.2 Å². The summed E-state index contributed by atoms with van der Waals surface area (Å²) in [4.78, 5) is 14.8. The second kappa shape index (κ2) is 9.38. The first-order valence-electron chi connectivity index (χ1n) is 10.1. The normalized spacial score (nSPS) is 19.7. The molecular weight excluding hydrogens is 422 g/mol. The molecule has 0 spiro atoms. The number of carbonyl (C=O) groups is 1. The molecule has 0 bridgehead atoms. The minimum Gasteiger partial charge on any atom is -0.337 e. The number of thioether (sulfide) groups is 1. The lowest BCUT2D eigenvalue weighted by atomic mass is 9.98. The maximum atomic E-state index is 12.8. The number of likely N-dealkylation sites (tertiary alicyclic amines) is 1. The molecule has 1 amide bonds. The van der Waals surface area contributed by atoms with Gasteiger partial charge in [0.05, 0.1) is 12.0 Å². The zero-order valence-electron chi connectivity index (χ0n) is 17.8. The summed E-state index contributed by atoms with van der Waals surface area (Å²) in [7, 11) is -3.32. The van der Waals surface area contributed by atoms with Gasteiger partial charge in [-0.3, -0.25) is 9.52 Å². The highest BCUT2D eigenvalue weighted by Gasteiger charge is 2.29. The first kappa shape index (κ1) is 22.6. The van der Waals surface area contributed by atoms with E-state index in [0.717, 1.165) is 24.7 Å². The van der Waals surface area contributed by atoms with Gasteiger partial charge in [-0.1, -0.05) is 11.8 Å². The van der Waals surface area contributed by atoms with E-state index in [4.69, 9.17) is 0 Å². The Bertz CT molecular complexity index is 978. The van der Waals surface area contributed by atoms with Gasteiger partial charge < -0.3 is 9.47 Å². The smallest absolute Gasteiger partial charge is 0.233 e. The van der Waals surface area contributed by atoms with Crippen molar-refractivity contribution in [2.24, 2.45) is 0 Å². The Labute approximate surface area is 182 Å². The van der Waals surface area contributed by atoms with E-state index in [-0.39, 0.29) is 18.0 Å². The predicted octanol–water partition coefficient (Wildman–Crippen LogP) is 3.22. The summed E-state index contributed by atoms with van der Waals surface area (Å²) in [6, 6.07) is 7.56. The van der Waals surface area contributed by atoms with Gasteiger partial charge in [0.15, 0.2) is 11.0 Å². The van der Waals surface area contributed by atoms with Crippen LogP contribution in [-0.4, -0.2) is 58.1 Å². The van der Waals surface area contributed by atoms with Gasteiger partial charge >= 0.3 is 0 Å². The monoisotopic (exact) mass is 451 g/mol. The molecule has 2 aromatic rings. The molecule has 1 aromatic carbocycles. The fourth-order valence-corrected chi connectivity index (χ4v) is 5.35. The number of aromatic nitrogens is 3. The van der Waals surface area contributed by atoms with Crippen LogP contribution in [-0.2, 0) is 21.4 Å². The molecule has 0 aliphatic carbocycles. The number of carbonyl (C=O) groups excluding carboxylic acids is 1. The number of anilines is 1. The Hall–Kier alpha value is -2.07. The zero-order valence-corrected chi connectivity index (χ0v) is 19.5. The number of hydrogen-bond acceptors (Lipinski definition) is 6. The van der Waals surface area contributed by atoms with Crippen LogP contribution in [0.25, 0.3) is 11.4 Å². The van der Waals surface area contributed by atoms with E-state index in [0.29, 0.717) is 29.0 Å². The SMILES string of the molecule is CCn1c(SCC(=O)N2[C@H](C)CCC[C@@H]2C)nnc1-c1ccc(NS(C)(=O)=O)cc1. The van der Waals surface area contributed by atoms with Gasteiger partial charge in [-0.25, -0.2) is 8.42 Å². The van der Waals surface area contributed by atoms with Gasteiger partial charge in [-0.05, 0) is 64.3 Å². The number of nitrogens with zero attached hydrogens (tertiary/aromatic N) is 4. The van der Waals surface area contributed by atoms with E-state index in [1.165, 1.54) is 18.2 Å². The minimum absolute atomic E-state index is 0.142. The highest BCUT2D eigenvalue weighted by Crippen LogP contribution is 2.27. The van der Waals surface area contributed by atoms with Crippen LogP contribution in [0.1, 0.15) is 40.0 Å². The van der Waals surface area contributed by atoms with Crippen molar-refractivity contribution in [3.05, 3.63) is 24.3 Å². The molecule has 164 valence electrons. The second-order valence-electron chi connectivity index (χ2n) is 7.72. The van der Waals surface area contributed by atoms with E-state index in [9.17, 15) is 13.2 Å². The Morgan fingerprint density at radius 1 is 1.17 bits per heavy atom. The van der Waals surface area contributed by atoms with Crippen LogP contribution in [0.15, 0.2) is 29.4 Å². The summed E-state index contributed by atoms with van der Waals surface area (Å²) in [6.07, 6.45) is 4.40. The van der Waals surface area contributed by atoms with Crippen LogP contribution in [0.4, 0.5) is 5.69 Å². The van der Waals surface area contributed by atoms with E-state index in [1.54, 1.807) is 24.3 Å². The number of nitrogens with one attached hydrogen (secondary N) is 1. The van der Waals surface area contributed by atoms with Crippen molar-refractivity contribution in [1.29, 1.82) is 0 Å². The van der Waals surface area contributed by atoms with Crippen molar-refractivity contribution in [3.8, 4) is 11.4 Å². The molecule has 3 rings (SSSR count). The van der Waals surface area contributed by atoms with Crippen molar-refractivity contribution in [3.63, 3.8) is 0 Å². The molecule has 8 nitrogen and oxygen atoms in total. The van der Waals surface area contributed by atoms with Crippen LogP contribution < -0.4 is 4.72 Å². The number of rotatable bonds is 7. The fraction of sp³-hybridized carbons (Fsp3) is 0.550. The molecule has 1 aliphatic heterocycles. The molecule has 0 radical (unpaired) electrons. The summed E-state index contributed by atoms with van der Waals surface area (Å²) in [5, 5.41) is 9.31. The second-order valence-corrected chi connectivity index (χ2v) is 10.4. The third-order valence-electron chi connectivity index (χ3n) is 5.29. The molecule has 2 atom stereocenters. The largest absolute Gasteiger partial charge is 0.337 e. The van der Waals surface area contributed by atoms with Crippen molar-refractivity contribution in [1.82, 2.24) is 19.7 Å². The highest BCUT2D eigenvalue weighted by molar-refractivity contribution is 7.99. The fourth-order valence-electron chi connectivity index (χ4n) is 3.91. The summed E-state index contributed by atoms with van der Waals surface area (Å²) in [6.45, 7) is 6.91. The van der Waals surface area contributed by atoms with Crippen LogP contribution in [0.5, 0.6) is 0 Å². The van der Waals surface area contributed by atoms with Crippen LogP contribution in [0.3, 0.4) is 0 Å². The summed E-state index contributed by atoms with van der Waals surface area (Å²) >= 11 is 1.41. The lowest BCUT2D eigenvalue weighted by Gasteiger charge is -2.39. The molecule has 1 aliphatic rings. The highest BCUT2D eigenvalue weighted by atomic mass is 32.2.